The van der Waals surface area contributed by atoms with Gasteiger partial charge in [0.25, 0.3) is 15.9 Å². The van der Waals surface area contributed by atoms with E-state index in [-0.39, 0.29) is 22.7 Å². The quantitative estimate of drug-likeness (QED) is 0.529. The molecule has 0 saturated carbocycles. The van der Waals surface area contributed by atoms with Gasteiger partial charge in [-0.15, -0.1) is 0 Å². The Morgan fingerprint density at radius 1 is 1.10 bits per heavy atom. The average Bonchev–Trinajstić information content (AvgIpc) is 3.24. The molecule has 0 aliphatic rings. The predicted molar refractivity (Wildman–Crippen MR) is 104 cm³/mol. The number of sulfonamides is 1. The molecule has 0 radical (unpaired) electrons. The van der Waals surface area contributed by atoms with Crippen LogP contribution in [0.25, 0.3) is 0 Å². The van der Waals surface area contributed by atoms with Crippen LogP contribution in [0.1, 0.15) is 16.1 Å². The van der Waals surface area contributed by atoms with Crippen molar-refractivity contribution in [3.8, 4) is 0 Å². The molecular weight excluding hydrogens is 418 g/mol. The molecule has 1 amide bonds. The molecule has 0 bridgehead atoms. The number of rotatable bonds is 7. The van der Waals surface area contributed by atoms with Crippen molar-refractivity contribution in [2.45, 2.75) is 11.4 Å². The van der Waals surface area contributed by atoms with Gasteiger partial charge in [-0.3, -0.25) is 14.5 Å². The molecule has 3 rings (SSSR count). The lowest BCUT2D eigenvalue weighted by molar-refractivity contribution is -0.0258. The van der Waals surface area contributed by atoms with Gasteiger partial charge < -0.3 is 4.42 Å². The molecule has 158 valence electrons. The first-order valence-electron chi connectivity index (χ1n) is 8.66. The molecule has 30 heavy (non-hydrogen) atoms. The number of carbonyl (C=O) groups excluding carboxylic acids is 1. The van der Waals surface area contributed by atoms with Crippen LogP contribution in [-0.4, -0.2) is 33.0 Å². The summed E-state index contributed by atoms with van der Waals surface area (Å²) in [4.78, 5) is 18.8. The van der Waals surface area contributed by atoms with E-state index in [1.807, 2.05) is 0 Å². The zero-order chi connectivity index (χ0) is 21.9. The van der Waals surface area contributed by atoms with Gasteiger partial charge in [-0.25, -0.2) is 17.2 Å². The lowest BCUT2D eigenvalue weighted by atomic mass is 10.1. The minimum Gasteiger partial charge on any atom is -0.467 e. The maximum Gasteiger partial charge on any atom is 0.264 e. The van der Waals surface area contributed by atoms with E-state index >= 15 is 0 Å². The first-order valence-corrected chi connectivity index (χ1v) is 10.1. The summed E-state index contributed by atoms with van der Waals surface area (Å²) in [5.41, 5.74) is -0.198. The van der Waals surface area contributed by atoms with Gasteiger partial charge in [0, 0.05) is 18.7 Å². The number of amides is 1. The predicted octanol–water partition coefficient (Wildman–Crippen LogP) is 3.59. The Bertz CT molecular complexity index is 1150. The first kappa shape index (κ1) is 21.6. The lowest BCUT2D eigenvalue weighted by Gasteiger charge is -2.23. The Kier molecular flexibility index (Phi) is 6.30. The molecule has 1 aromatic heterocycles. The highest BCUT2D eigenvalue weighted by atomic mass is 32.2. The van der Waals surface area contributed by atoms with Crippen LogP contribution in [0.5, 0.6) is 0 Å². The van der Waals surface area contributed by atoms with E-state index in [4.69, 9.17) is 9.25 Å². The molecule has 0 spiro atoms. The van der Waals surface area contributed by atoms with Crippen LogP contribution in [0.3, 0.4) is 0 Å². The van der Waals surface area contributed by atoms with Crippen LogP contribution in [0.4, 0.5) is 14.5 Å². The molecule has 0 unspecified atom stereocenters. The number of benzene rings is 2. The smallest absolute Gasteiger partial charge is 0.264 e. The highest BCUT2D eigenvalue weighted by molar-refractivity contribution is 7.89. The SMILES string of the molecule is CON(C)S(=O)(=O)c1cccc(C(=O)N(Cc2ccco2)c2ccc(F)cc2F)c1. The molecule has 0 fully saturated rings. The van der Waals surface area contributed by atoms with Gasteiger partial charge in [-0.05, 0) is 42.5 Å². The third-order valence-electron chi connectivity index (χ3n) is 4.31. The zero-order valence-corrected chi connectivity index (χ0v) is 16.9. The number of hydrogen-bond acceptors (Lipinski definition) is 5. The number of nitrogens with zero attached hydrogens (tertiary/aromatic N) is 2. The fourth-order valence-corrected chi connectivity index (χ4v) is 3.74. The number of anilines is 1. The summed E-state index contributed by atoms with van der Waals surface area (Å²) in [5, 5.41) is 0. The van der Waals surface area contributed by atoms with Crippen LogP contribution in [-0.2, 0) is 21.4 Å². The Balaban J connectivity index is 2.04. The van der Waals surface area contributed by atoms with E-state index in [9.17, 15) is 22.0 Å². The van der Waals surface area contributed by atoms with Crippen molar-refractivity contribution in [3.05, 3.63) is 83.8 Å². The van der Waals surface area contributed by atoms with Crippen molar-refractivity contribution >= 4 is 21.6 Å². The average molecular weight is 436 g/mol. The lowest BCUT2D eigenvalue weighted by Crippen LogP contribution is -2.31. The van der Waals surface area contributed by atoms with Gasteiger partial charge >= 0.3 is 0 Å². The molecule has 0 N–H and O–H groups in total. The fraction of sp³-hybridized carbons (Fsp3) is 0.150. The number of hydroxylamine groups is 1. The van der Waals surface area contributed by atoms with Gasteiger partial charge in [0.1, 0.15) is 17.4 Å². The largest absolute Gasteiger partial charge is 0.467 e. The standard InChI is InChI=1S/C20H18F2N2O5S/c1-23(28-2)30(26,27)17-7-3-5-14(11-17)20(25)24(13-16-6-4-10-29-16)19-9-8-15(21)12-18(19)22/h3-12H,13H2,1-2H3. The van der Waals surface area contributed by atoms with Crippen molar-refractivity contribution < 1.29 is 31.2 Å². The van der Waals surface area contributed by atoms with Gasteiger partial charge in [0.2, 0.25) is 0 Å². The Labute approximate surface area is 172 Å². The Morgan fingerprint density at radius 3 is 2.50 bits per heavy atom. The van der Waals surface area contributed by atoms with E-state index in [1.54, 1.807) is 12.1 Å². The molecule has 2 aromatic carbocycles. The summed E-state index contributed by atoms with van der Waals surface area (Å²) in [6, 6.07) is 11.2. The van der Waals surface area contributed by atoms with E-state index in [1.165, 1.54) is 38.6 Å². The topological polar surface area (TPSA) is 80.1 Å². The molecule has 0 aliphatic heterocycles. The van der Waals surface area contributed by atoms with Gasteiger partial charge in [-0.1, -0.05) is 10.5 Å². The van der Waals surface area contributed by atoms with Crippen LogP contribution < -0.4 is 4.90 Å². The normalized spacial score (nSPS) is 11.6. The molecule has 0 aliphatic carbocycles. The third kappa shape index (κ3) is 4.40. The molecule has 3 aromatic rings. The minimum absolute atomic E-state index is 0.0177. The summed E-state index contributed by atoms with van der Waals surface area (Å²) in [6.45, 7) is -0.149. The van der Waals surface area contributed by atoms with Crippen LogP contribution in [0.15, 0.2) is 70.2 Å². The minimum atomic E-state index is -4.00. The molecular formula is C20H18F2N2O5S. The molecule has 10 heteroatoms. The van der Waals surface area contributed by atoms with Crippen molar-refractivity contribution in [2.24, 2.45) is 0 Å². The summed E-state index contributed by atoms with van der Waals surface area (Å²) in [6.07, 6.45) is 1.40. The summed E-state index contributed by atoms with van der Waals surface area (Å²) in [7, 11) is -1.60. The monoisotopic (exact) mass is 436 g/mol. The van der Waals surface area contributed by atoms with Crippen molar-refractivity contribution in [2.75, 3.05) is 19.1 Å². The second-order valence-corrected chi connectivity index (χ2v) is 8.13. The molecule has 0 atom stereocenters. The zero-order valence-electron chi connectivity index (χ0n) is 16.1. The van der Waals surface area contributed by atoms with Crippen LogP contribution in [0.2, 0.25) is 0 Å². The maximum atomic E-state index is 14.4. The number of hydrogen-bond donors (Lipinski definition) is 0. The summed E-state index contributed by atoms with van der Waals surface area (Å²) < 4.78 is 58.7. The van der Waals surface area contributed by atoms with E-state index < -0.39 is 27.6 Å². The number of carbonyl (C=O) groups is 1. The summed E-state index contributed by atoms with van der Waals surface area (Å²) in [5.74, 6) is -2.08. The number of furan rings is 1. The third-order valence-corrected chi connectivity index (χ3v) is 5.99. The Hall–Kier alpha value is -3.08. The second kappa shape index (κ2) is 8.74. The van der Waals surface area contributed by atoms with Gasteiger partial charge in [0.15, 0.2) is 0 Å². The maximum absolute atomic E-state index is 14.4. The first-order chi connectivity index (χ1) is 14.2. The molecule has 0 saturated heterocycles. The summed E-state index contributed by atoms with van der Waals surface area (Å²) >= 11 is 0. The van der Waals surface area contributed by atoms with Crippen LogP contribution >= 0.6 is 0 Å². The molecule has 7 nitrogen and oxygen atoms in total. The highest BCUT2D eigenvalue weighted by Crippen LogP contribution is 2.26. The highest BCUT2D eigenvalue weighted by Gasteiger charge is 2.26. The number of halogens is 2. The van der Waals surface area contributed by atoms with Crippen molar-refractivity contribution in [1.82, 2.24) is 4.47 Å². The fourth-order valence-electron chi connectivity index (χ4n) is 2.72. The van der Waals surface area contributed by atoms with Crippen molar-refractivity contribution in [3.63, 3.8) is 0 Å². The van der Waals surface area contributed by atoms with Gasteiger partial charge in [0.05, 0.1) is 30.5 Å². The van der Waals surface area contributed by atoms with Crippen LogP contribution in [0, 0.1) is 11.6 Å². The Morgan fingerprint density at radius 2 is 1.87 bits per heavy atom. The molecule has 1 heterocycles. The van der Waals surface area contributed by atoms with Crippen molar-refractivity contribution in [1.29, 1.82) is 0 Å². The van der Waals surface area contributed by atoms with E-state index in [0.717, 1.165) is 23.1 Å². The second-order valence-electron chi connectivity index (χ2n) is 6.19. The van der Waals surface area contributed by atoms with Gasteiger partial charge in [-0.2, -0.15) is 0 Å². The van der Waals surface area contributed by atoms with E-state index in [0.29, 0.717) is 16.3 Å². The van der Waals surface area contributed by atoms with E-state index in [2.05, 4.69) is 0 Å².